The Morgan fingerprint density at radius 3 is 2.29 bits per heavy atom. The highest BCUT2D eigenvalue weighted by Crippen LogP contribution is 2.26. The van der Waals surface area contributed by atoms with Crippen LogP contribution < -0.4 is 10.1 Å². The molecule has 2 heterocycles. The van der Waals surface area contributed by atoms with Crippen LogP contribution in [0.5, 0.6) is 5.75 Å². The van der Waals surface area contributed by atoms with Gasteiger partial charge in [-0.25, -0.2) is 4.79 Å². The number of amides is 2. The van der Waals surface area contributed by atoms with Crippen LogP contribution in [0.3, 0.4) is 0 Å². The lowest BCUT2D eigenvalue weighted by Gasteiger charge is -2.34. The lowest BCUT2D eigenvalue weighted by molar-refractivity contribution is 0.0187. The van der Waals surface area contributed by atoms with Gasteiger partial charge in [-0.05, 0) is 83.9 Å². The maximum absolute atomic E-state index is 12.9. The third kappa shape index (κ3) is 6.26. The molecule has 1 aliphatic rings. The average molecular weight is 428 g/mol. The highest BCUT2D eigenvalue weighted by Gasteiger charge is 2.28. The molecule has 0 spiro atoms. The van der Waals surface area contributed by atoms with Gasteiger partial charge in [0.25, 0.3) is 5.91 Å². The SMILES string of the molecule is CC(C)Oc1ccc(NC(=O)c2cccn2C2CCN(C(=O)OC(C)(C)C)CC2)cc1. The third-order valence-electron chi connectivity index (χ3n) is 5.01. The molecule has 0 unspecified atom stereocenters. The van der Waals surface area contributed by atoms with Gasteiger partial charge in [0.05, 0.1) is 6.10 Å². The summed E-state index contributed by atoms with van der Waals surface area (Å²) >= 11 is 0. The lowest BCUT2D eigenvalue weighted by atomic mass is 10.0. The zero-order valence-electron chi connectivity index (χ0n) is 19.1. The largest absolute Gasteiger partial charge is 0.491 e. The van der Waals surface area contributed by atoms with Gasteiger partial charge in [0, 0.05) is 31.0 Å². The molecule has 0 atom stereocenters. The van der Waals surface area contributed by atoms with Gasteiger partial charge in [0.1, 0.15) is 17.0 Å². The smallest absolute Gasteiger partial charge is 0.410 e. The first-order valence-electron chi connectivity index (χ1n) is 10.9. The summed E-state index contributed by atoms with van der Waals surface area (Å²) in [6.45, 7) is 10.8. The minimum absolute atomic E-state index is 0.102. The van der Waals surface area contributed by atoms with Gasteiger partial charge in [0.15, 0.2) is 0 Å². The molecule has 0 aliphatic carbocycles. The van der Waals surface area contributed by atoms with Crippen molar-refractivity contribution in [1.82, 2.24) is 9.47 Å². The number of anilines is 1. The van der Waals surface area contributed by atoms with Gasteiger partial charge < -0.3 is 24.3 Å². The second kappa shape index (κ2) is 9.45. The van der Waals surface area contributed by atoms with Gasteiger partial charge in [0.2, 0.25) is 0 Å². The van der Waals surface area contributed by atoms with E-state index in [1.54, 1.807) is 4.90 Å². The summed E-state index contributed by atoms with van der Waals surface area (Å²) in [5, 5.41) is 2.96. The quantitative estimate of drug-likeness (QED) is 0.721. The van der Waals surface area contributed by atoms with Crippen LogP contribution in [0.2, 0.25) is 0 Å². The molecule has 31 heavy (non-hydrogen) atoms. The zero-order chi connectivity index (χ0) is 22.6. The molecular formula is C24H33N3O4. The van der Waals surface area contributed by atoms with E-state index >= 15 is 0 Å². The first-order valence-corrected chi connectivity index (χ1v) is 10.9. The van der Waals surface area contributed by atoms with Crippen LogP contribution >= 0.6 is 0 Å². The first kappa shape index (κ1) is 22.7. The van der Waals surface area contributed by atoms with E-state index < -0.39 is 5.60 Å². The van der Waals surface area contributed by atoms with Crippen molar-refractivity contribution >= 4 is 17.7 Å². The molecule has 0 saturated carbocycles. The van der Waals surface area contributed by atoms with E-state index in [9.17, 15) is 9.59 Å². The predicted octanol–water partition coefficient (Wildman–Crippen LogP) is 5.10. The topological polar surface area (TPSA) is 72.8 Å². The van der Waals surface area contributed by atoms with Crippen LogP contribution in [0.15, 0.2) is 42.6 Å². The normalized spacial score (nSPS) is 15.1. The van der Waals surface area contributed by atoms with Crippen molar-refractivity contribution < 1.29 is 19.1 Å². The van der Waals surface area contributed by atoms with Gasteiger partial charge >= 0.3 is 6.09 Å². The number of nitrogens with zero attached hydrogens (tertiary/aromatic N) is 2. The first-order chi connectivity index (χ1) is 14.6. The molecule has 1 saturated heterocycles. The highest BCUT2D eigenvalue weighted by molar-refractivity contribution is 6.03. The Morgan fingerprint density at radius 1 is 1.06 bits per heavy atom. The molecule has 2 amide bonds. The van der Waals surface area contributed by atoms with E-state index in [0.717, 1.165) is 18.6 Å². The van der Waals surface area contributed by atoms with E-state index in [-0.39, 0.29) is 24.1 Å². The molecule has 7 nitrogen and oxygen atoms in total. The van der Waals surface area contributed by atoms with Gasteiger partial charge in [-0.3, -0.25) is 4.79 Å². The summed E-state index contributed by atoms with van der Waals surface area (Å²) in [4.78, 5) is 26.9. The number of rotatable bonds is 5. The molecule has 7 heteroatoms. The van der Waals surface area contributed by atoms with Gasteiger partial charge in [-0.1, -0.05) is 0 Å². The number of ether oxygens (including phenoxy) is 2. The van der Waals surface area contributed by atoms with E-state index in [2.05, 4.69) is 5.32 Å². The van der Waals surface area contributed by atoms with Crippen LogP contribution in [-0.2, 0) is 4.74 Å². The van der Waals surface area contributed by atoms with Crippen molar-refractivity contribution in [2.24, 2.45) is 0 Å². The molecule has 1 aromatic heterocycles. The fourth-order valence-electron chi connectivity index (χ4n) is 3.64. The Balaban J connectivity index is 1.59. The fraction of sp³-hybridized carbons (Fsp3) is 0.500. The number of hydrogen-bond acceptors (Lipinski definition) is 4. The number of benzene rings is 1. The summed E-state index contributed by atoms with van der Waals surface area (Å²) in [6, 6.07) is 11.2. The average Bonchev–Trinajstić information content (AvgIpc) is 3.18. The second-order valence-electron chi connectivity index (χ2n) is 9.14. The minimum Gasteiger partial charge on any atom is -0.491 e. The Labute approximate surface area is 184 Å². The number of likely N-dealkylation sites (tertiary alicyclic amines) is 1. The standard InChI is InChI=1S/C24H33N3O4/c1-17(2)30-20-10-8-18(9-11-20)25-22(28)21-7-6-14-27(21)19-12-15-26(16-13-19)23(29)31-24(3,4)5/h6-11,14,17,19H,12-13,15-16H2,1-5H3,(H,25,28). The number of carbonyl (C=O) groups is 2. The Bertz CT molecular complexity index is 888. The molecule has 1 aromatic carbocycles. The minimum atomic E-state index is -0.501. The van der Waals surface area contributed by atoms with Crippen molar-refractivity contribution in [3.05, 3.63) is 48.3 Å². The predicted molar refractivity (Wildman–Crippen MR) is 121 cm³/mol. The van der Waals surface area contributed by atoms with Crippen molar-refractivity contribution in [2.45, 2.75) is 65.2 Å². The summed E-state index contributed by atoms with van der Waals surface area (Å²) < 4.78 is 13.1. The van der Waals surface area contributed by atoms with Crippen LogP contribution in [-0.4, -0.2) is 46.3 Å². The summed E-state index contributed by atoms with van der Waals surface area (Å²) in [6.07, 6.45) is 3.31. The summed E-state index contributed by atoms with van der Waals surface area (Å²) in [5.41, 5.74) is 0.825. The molecule has 0 radical (unpaired) electrons. The Kier molecular flexibility index (Phi) is 6.93. The van der Waals surface area contributed by atoms with E-state index in [4.69, 9.17) is 9.47 Å². The van der Waals surface area contributed by atoms with E-state index in [1.807, 2.05) is 81.8 Å². The fourth-order valence-corrected chi connectivity index (χ4v) is 3.64. The van der Waals surface area contributed by atoms with Gasteiger partial charge in [-0.15, -0.1) is 0 Å². The lowest BCUT2D eigenvalue weighted by Crippen LogP contribution is -2.42. The molecule has 1 aliphatic heterocycles. The third-order valence-corrected chi connectivity index (χ3v) is 5.01. The van der Waals surface area contributed by atoms with Crippen molar-refractivity contribution in [3.63, 3.8) is 0 Å². The molecule has 3 rings (SSSR count). The van der Waals surface area contributed by atoms with Crippen LogP contribution in [0.4, 0.5) is 10.5 Å². The number of aromatic nitrogens is 1. The molecule has 168 valence electrons. The van der Waals surface area contributed by atoms with Crippen LogP contribution in [0, 0.1) is 0 Å². The number of nitrogens with one attached hydrogen (secondary N) is 1. The van der Waals surface area contributed by atoms with Crippen molar-refractivity contribution in [2.75, 3.05) is 18.4 Å². The maximum atomic E-state index is 12.9. The summed E-state index contributed by atoms with van der Waals surface area (Å²) in [7, 11) is 0. The number of hydrogen-bond donors (Lipinski definition) is 1. The van der Waals surface area contributed by atoms with Gasteiger partial charge in [-0.2, -0.15) is 0 Å². The van der Waals surface area contributed by atoms with E-state index in [0.29, 0.717) is 24.5 Å². The molecule has 1 fully saturated rings. The monoisotopic (exact) mass is 427 g/mol. The summed E-state index contributed by atoms with van der Waals surface area (Å²) in [5.74, 6) is 0.616. The van der Waals surface area contributed by atoms with Crippen LogP contribution in [0.25, 0.3) is 0 Å². The zero-order valence-corrected chi connectivity index (χ0v) is 19.1. The Hall–Kier alpha value is -2.96. The van der Waals surface area contributed by atoms with Crippen LogP contribution in [0.1, 0.15) is 64.0 Å². The maximum Gasteiger partial charge on any atom is 0.410 e. The highest BCUT2D eigenvalue weighted by atomic mass is 16.6. The molecular weight excluding hydrogens is 394 g/mol. The molecule has 1 N–H and O–H groups in total. The molecule has 2 aromatic rings. The van der Waals surface area contributed by atoms with Crippen molar-refractivity contribution in [3.8, 4) is 5.75 Å². The number of carbonyl (C=O) groups excluding carboxylic acids is 2. The van der Waals surface area contributed by atoms with Crippen molar-refractivity contribution in [1.29, 1.82) is 0 Å². The van der Waals surface area contributed by atoms with E-state index in [1.165, 1.54) is 0 Å². The second-order valence-corrected chi connectivity index (χ2v) is 9.14. The number of piperidine rings is 1. The Morgan fingerprint density at radius 2 is 1.71 bits per heavy atom. The molecule has 0 bridgehead atoms.